The van der Waals surface area contributed by atoms with E-state index in [2.05, 4.69) is 66.7 Å². The predicted octanol–water partition coefficient (Wildman–Crippen LogP) is 6.35. The van der Waals surface area contributed by atoms with E-state index in [1.807, 2.05) is 35.3 Å². The Hall–Kier alpha value is -1.89. The maximum Gasteiger partial charge on any atom is 0.126 e. The van der Waals surface area contributed by atoms with Crippen LogP contribution >= 0.6 is 35.3 Å². The zero-order valence-corrected chi connectivity index (χ0v) is 22.1. The van der Waals surface area contributed by atoms with Gasteiger partial charge in [-0.25, -0.2) is 0 Å². The number of ether oxygens (including phenoxy) is 3. The molecule has 3 aliphatic rings. The first-order valence-corrected chi connectivity index (χ1v) is 15.5. The monoisotopic (exact) mass is 522 g/mol. The molecule has 3 saturated heterocycles. The lowest BCUT2D eigenvalue weighted by Crippen LogP contribution is -2.10. The minimum absolute atomic E-state index is 0.620. The number of rotatable bonds is 13. The van der Waals surface area contributed by atoms with Crippen LogP contribution in [0.25, 0.3) is 0 Å². The van der Waals surface area contributed by atoms with Gasteiger partial charge in [0.25, 0.3) is 0 Å². The highest BCUT2D eigenvalue weighted by molar-refractivity contribution is 8.07. The molecule has 3 aromatic carbocycles. The van der Waals surface area contributed by atoms with Crippen molar-refractivity contribution in [3.8, 4) is 17.2 Å². The molecular formula is C29H30O3S3. The van der Waals surface area contributed by atoms with Crippen molar-refractivity contribution in [3.63, 3.8) is 0 Å². The molecular weight excluding hydrogens is 493 g/mol. The molecule has 3 nitrogen and oxygen atoms in total. The van der Waals surface area contributed by atoms with Gasteiger partial charge >= 0.3 is 0 Å². The summed E-state index contributed by atoms with van der Waals surface area (Å²) >= 11 is 5.91. The largest absolute Gasteiger partial charge is 0.492 e. The summed E-state index contributed by atoms with van der Waals surface area (Å²) in [6, 6.07) is 23.5. The van der Waals surface area contributed by atoms with Gasteiger partial charge in [-0.1, -0.05) is 54.6 Å². The van der Waals surface area contributed by atoms with Crippen LogP contribution < -0.4 is 14.2 Å². The maximum atomic E-state index is 6.52. The van der Waals surface area contributed by atoms with Gasteiger partial charge < -0.3 is 14.2 Å². The third kappa shape index (κ3) is 6.66. The van der Waals surface area contributed by atoms with Crippen LogP contribution in [0.4, 0.5) is 0 Å². The topological polar surface area (TPSA) is 27.7 Å². The van der Waals surface area contributed by atoms with Crippen LogP contribution in [0.15, 0.2) is 66.7 Å². The molecule has 0 radical (unpaired) electrons. The van der Waals surface area contributed by atoms with Crippen molar-refractivity contribution in [1.29, 1.82) is 0 Å². The second kappa shape index (κ2) is 11.0. The van der Waals surface area contributed by atoms with E-state index < -0.39 is 0 Å². The number of hydrogen-bond acceptors (Lipinski definition) is 6. The lowest BCUT2D eigenvalue weighted by atomic mass is 9.96. The Balaban J connectivity index is 1.26. The molecule has 3 fully saturated rings. The van der Waals surface area contributed by atoms with Gasteiger partial charge in [-0.05, 0) is 34.4 Å². The standard InChI is InChI=1S/C29H30O3S3/c1-3-10-27(30-14-24-17-33-24)20(6-1)12-22-8-5-9-23(29(22)32-16-26-19-35-26)13-21-7-2-4-11-28(21)31-15-25-18-34-25/h1-11,24-26H,12-19H2. The van der Waals surface area contributed by atoms with Crippen LogP contribution in [0.2, 0.25) is 0 Å². The second-order valence-corrected chi connectivity index (χ2v) is 13.3. The van der Waals surface area contributed by atoms with Crippen molar-refractivity contribution in [2.45, 2.75) is 28.6 Å². The first kappa shape index (κ1) is 23.5. The van der Waals surface area contributed by atoms with Crippen molar-refractivity contribution in [1.82, 2.24) is 0 Å². The lowest BCUT2D eigenvalue weighted by Gasteiger charge is -2.18. The highest BCUT2D eigenvalue weighted by atomic mass is 32.2. The molecule has 0 spiro atoms. The summed E-state index contributed by atoms with van der Waals surface area (Å²) in [5.41, 5.74) is 4.87. The number of hydrogen-bond donors (Lipinski definition) is 0. The Morgan fingerprint density at radius 3 is 1.37 bits per heavy atom. The smallest absolute Gasteiger partial charge is 0.126 e. The van der Waals surface area contributed by atoms with E-state index in [4.69, 9.17) is 14.2 Å². The van der Waals surface area contributed by atoms with Crippen LogP contribution in [0, 0.1) is 0 Å². The molecule has 3 heterocycles. The second-order valence-electron chi connectivity index (χ2n) is 9.27. The van der Waals surface area contributed by atoms with E-state index in [1.54, 1.807) is 0 Å². The Bertz CT molecular complexity index is 1080. The zero-order chi connectivity index (χ0) is 23.5. The Labute approximate surface area is 220 Å². The SMILES string of the molecule is c1ccc(OCC2CS2)c(Cc2cccc(Cc3ccccc3OCC3CS3)c2OCC2CS2)c1. The molecule has 182 valence electrons. The van der Waals surface area contributed by atoms with Gasteiger partial charge in [0.1, 0.15) is 37.1 Å². The Morgan fingerprint density at radius 1 is 0.514 bits per heavy atom. The van der Waals surface area contributed by atoms with Crippen LogP contribution in [0.5, 0.6) is 17.2 Å². The van der Waals surface area contributed by atoms with Gasteiger partial charge in [0.05, 0.1) is 0 Å². The molecule has 3 aliphatic heterocycles. The van der Waals surface area contributed by atoms with Crippen LogP contribution in [-0.2, 0) is 12.8 Å². The minimum Gasteiger partial charge on any atom is -0.492 e. The molecule has 0 aliphatic carbocycles. The van der Waals surface area contributed by atoms with Gasteiger partial charge in [0, 0.05) is 45.9 Å². The minimum atomic E-state index is 0.620. The quantitative estimate of drug-likeness (QED) is 0.243. The molecule has 0 aromatic heterocycles. The van der Waals surface area contributed by atoms with Crippen molar-refractivity contribution in [3.05, 3.63) is 89.0 Å². The first-order valence-electron chi connectivity index (χ1n) is 12.3. The highest BCUT2D eigenvalue weighted by Crippen LogP contribution is 2.37. The summed E-state index contributed by atoms with van der Waals surface area (Å²) in [7, 11) is 0. The molecule has 6 heteroatoms. The summed E-state index contributed by atoms with van der Waals surface area (Å²) in [5, 5.41) is 1.93. The van der Waals surface area contributed by atoms with E-state index in [9.17, 15) is 0 Å². The van der Waals surface area contributed by atoms with Crippen LogP contribution in [0.3, 0.4) is 0 Å². The summed E-state index contributed by atoms with van der Waals surface area (Å²) in [5.74, 6) is 6.64. The first-order chi connectivity index (χ1) is 17.3. The normalized spacial score (nSPS) is 21.9. The van der Waals surface area contributed by atoms with Gasteiger partial charge in [0.15, 0.2) is 0 Å². The molecule has 0 bridgehead atoms. The van der Waals surface area contributed by atoms with Gasteiger partial charge in [-0.3, -0.25) is 0 Å². The molecule has 0 saturated carbocycles. The predicted molar refractivity (Wildman–Crippen MR) is 150 cm³/mol. The highest BCUT2D eigenvalue weighted by Gasteiger charge is 2.26. The van der Waals surface area contributed by atoms with Crippen LogP contribution in [-0.4, -0.2) is 52.8 Å². The number of benzene rings is 3. The summed E-state index contributed by atoms with van der Waals surface area (Å²) in [6.07, 6.45) is 1.60. The number of para-hydroxylation sites is 3. The van der Waals surface area contributed by atoms with E-state index in [0.717, 1.165) is 49.9 Å². The van der Waals surface area contributed by atoms with E-state index in [1.165, 1.54) is 39.5 Å². The average Bonchev–Trinajstić information content (AvgIpc) is 3.74. The average molecular weight is 523 g/mol. The zero-order valence-electron chi connectivity index (χ0n) is 19.7. The van der Waals surface area contributed by atoms with E-state index in [-0.39, 0.29) is 0 Å². The fraction of sp³-hybridized carbons (Fsp3) is 0.379. The van der Waals surface area contributed by atoms with Crippen molar-refractivity contribution >= 4 is 35.3 Å². The Morgan fingerprint density at radius 2 is 0.914 bits per heavy atom. The maximum absolute atomic E-state index is 6.52. The van der Waals surface area contributed by atoms with Crippen molar-refractivity contribution in [2.24, 2.45) is 0 Å². The molecule has 6 rings (SSSR count). The third-order valence-corrected chi connectivity index (χ3v) is 9.18. The Kier molecular flexibility index (Phi) is 7.40. The fourth-order valence-electron chi connectivity index (χ4n) is 4.13. The summed E-state index contributed by atoms with van der Waals surface area (Å²) in [6.45, 7) is 2.35. The summed E-state index contributed by atoms with van der Waals surface area (Å²) in [4.78, 5) is 0. The molecule has 3 aromatic rings. The molecule has 35 heavy (non-hydrogen) atoms. The van der Waals surface area contributed by atoms with E-state index >= 15 is 0 Å². The molecule has 0 amide bonds. The molecule has 0 N–H and O–H groups in total. The third-order valence-electron chi connectivity index (χ3n) is 6.36. The van der Waals surface area contributed by atoms with E-state index in [0.29, 0.717) is 15.7 Å². The van der Waals surface area contributed by atoms with Crippen molar-refractivity contribution in [2.75, 3.05) is 37.1 Å². The lowest BCUT2D eigenvalue weighted by molar-refractivity contribution is 0.320. The molecule has 3 atom stereocenters. The van der Waals surface area contributed by atoms with Gasteiger partial charge in [0.2, 0.25) is 0 Å². The van der Waals surface area contributed by atoms with Gasteiger partial charge in [-0.2, -0.15) is 35.3 Å². The summed E-state index contributed by atoms with van der Waals surface area (Å²) < 4.78 is 18.9. The fourth-order valence-corrected chi connectivity index (χ4v) is 5.32. The van der Waals surface area contributed by atoms with Crippen LogP contribution in [0.1, 0.15) is 22.3 Å². The number of thioether (sulfide) groups is 3. The molecule has 3 unspecified atom stereocenters. The van der Waals surface area contributed by atoms with Crippen molar-refractivity contribution < 1.29 is 14.2 Å². The van der Waals surface area contributed by atoms with Gasteiger partial charge in [-0.15, -0.1) is 0 Å².